The Morgan fingerprint density at radius 2 is 2.00 bits per heavy atom. The number of allylic oxidation sites excluding steroid dienone is 2. The van der Waals surface area contributed by atoms with E-state index in [1.165, 1.54) is 9.47 Å². The van der Waals surface area contributed by atoms with Gasteiger partial charge in [-0.3, -0.25) is 24.0 Å². The predicted octanol–water partition coefficient (Wildman–Crippen LogP) is 2.81. The van der Waals surface area contributed by atoms with Crippen molar-refractivity contribution in [2.75, 3.05) is 10.6 Å². The summed E-state index contributed by atoms with van der Waals surface area (Å²) in [7, 11) is 0. The summed E-state index contributed by atoms with van der Waals surface area (Å²) in [6.07, 6.45) is 7.89. The molecule has 2 aromatic rings. The van der Waals surface area contributed by atoms with Crippen molar-refractivity contribution < 1.29 is 4.79 Å². The smallest absolute Gasteiger partial charge is 0.330 e. The number of aromatic nitrogens is 2. The van der Waals surface area contributed by atoms with Gasteiger partial charge in [-0.1, -0.05) is 55.8 Å². The topological polar surface area (TPSA) is 101 Å². The molecule has 154 valence electrons. The Hall–Kier alpha value is -3.09. The summed E-state index contributed by atoms with van der Waals surface area (Å²) in [5.41, 5.74) is 6.06. The van der Waals surface area contributed by atoms with E-state index in [0.717, 1.165) is 31.2 Å². The Kier molecular flexibility index (Phi) is 6.69. The van der Waals surface area contributed by atoms with Crippen LogP contribution in [-0.2, 0) is 17.9 Å². The van der Waals surface area contributed by atoms with Crippen LogP contribution in [0.4, 0.5) is 11.5 Å². The highest BCUT2D eigenvalue weighted by molar-refractivity contribution is 5.97. The molecular weight excluding hydrogens is 368 g/mol. The van der Waals surface area contributed by atoms with Gasteiger partial charge in [0, 0.05) is 12.5 Å². The van der Waals surface area contributed by atoms with Crippen LogP contribution in [0.1, 0.15) is 44.6 Å². The van der Waals surface area contributed by atoms with Crippen LogP contribution >= 0.6 is 0 Å². The summed E-state index contributed by atoms with van der Waals surface area (Å²) in [5.74, 6) is -0.308. The van der Waals surface area contributed by atoms with Gasteiger partial charge in [-0.2, -0.15) is 0 Å². The maximum atomic E-state index is 13.4. The summed E-state index contributed by atoms with van der Waals surface area (Å²) in [4.78, 5) is 42.2. The van der Waals surface area contributed by atoms with E-state index in [0.29, 0.717) is 13.0 Å². The second-order valence-electron chi connectivity index (χ2n) is 7.39. The van der Waals surface area contributed by atoms with Crippen LogP contribution in [0, 0.1) is 5.92 Å². The van der Waals surface area contributed by atoms with E-state index >= 15 is 0 Å². The Labute approximate surface area is 169 Å². The van der Waals surface area contributed by atoms with Gasteiger partial charge in [0.2, 0.25) is 5.91 Å². The molecular formula is C22H28N4O3. The van der Waals surface area contributed by atoms with Gasteiger partial charge in [-0.25, -0.2) is 4.79 Å². The van der Waals surface area contributed by atoms with Crippen molar-refractivity contribution in [1.82, 2.24) is 9.55 Å². The minimum Gasteiger partial charge on any atom is -0.383 e. The van der Waals surface area contributed by atoms with E-state index in [4.69, 9.17) is 5.73 Å². The molecule has 1 aromatic carbocycles. The molecule has 0 unspecified atom stereocenters. The average molecular weight is 396 g/mol. The lowest BCUT2D eigenvalue weighted by atomic mass is 9.92. The number of nitrogens with two attached hydrogens (primary N) is 1. The van der Waals surface area contributed by atoms with Gasteiger partial charge < -0.3 is 5.73 Å². The van der Waals surface area contributed by atoms with Crippen molar-refractivity contribution in [2.45, 2.75) is 52.1 Å². The van der Waals surface area contributed by atoms with Gasteiger partial charge in [-0.05, 0) is 31.2 Å². The zero-order valence-electron chi connectivity index (χ0n) is 16.8. The summed E-state index contributed by atoms with van der Waals surface area (Å²) >= 11 is 0. The molecule has 0 spiro atoms. The van der Waals surface area contributed by atoms with Crippen molar-refractivity contribution in [3.05, 3.63) is 68.9 Å². The van der Waals surface area contributed by atoms with Crippen molar-refractivity contribution in [3.8, 4) is 0 Å². The number of benzene rings is 1. The van der Waals surface area contributed by atoms with E-state index in [-0.39, 0.29) is 29.9 Å². The molecule has 1 atom stereocenters. The Morgan fingerprint density at radius 1 is 1.24 bits per heavy atom. The molecule has 7 nitrogen and oxygen atoms in total. The van der Waals surface area contributed by atoms with Crippen LogP contribution in [0.2, 0.25) is 0 Å². The Morgan fingerprint density at radius 3 is 2.66 bits per heavy atom. The fourth-order valence-corrected chi connectivity index (χ4v) is 3.65. The number of H-pyrrole nitrogens is 1. The first-order valence-corrected chi connectivity index (χ1v) is 10.2. The minimum absolute atomic E-state index is 0.0443. The van der Waals surface area contributed by atoms with Crippen molar-refractivity contribution >= 4 is 17.4 Å². The Balaban J connectivity index is 2.07. The molecule has 0 saturated carbocycles. The molecule has 0 bridgehead atoms. The lowest BCUT2D eigenvalue weighted by Gasteiger charge is -2.29. The second kappa shape index (κ2) is 9.41. The molecule has 1 aliphatic rings. The van der Waals surface area contributed by atoms with Crippen molar-refractivity contribution in [3.63, 3.8) is 0 Å². The van der Waals surface area contributed by atoms with Gasteiger partial charge in [-0.15, -0.1) is 0 Å². The zero-order valence-corrected chi connectivity index (χ0v) is 16.8. The molecule has 1 amide bonds. The normalized spacial score (nSPS) is 16.0. The van der Waals surface area contributed by atoms with Crippen LogP contribution in [0.5, 0.6) is 0 Å². The lowest BCUT2D eigenvalue weighted by molar-refractivity contribution is -0.122. The first-order chi connectivity index (χ1) is 14.0. The highest BCUT2D eigenvalue weighted by atomic mass is 16.2. The number of carbonyl (C=O) groups excluding carboxylic acids is 1. The standard InChI is InChI=1S/C22H28N4O3/c1-2-3-14-25-19(23)18(20(27)24-22(25)29)26(15-16-10-6-4-7-11-16)21(28)17-12-8-5-9-13-17/h4-8,10-11,17H,2-3,9,12-15,23H2,1H3,(H,24,27,29)/t17-/m1/s1. The SMILES string of the molecule is CCCCn1c(N)c(N(Cc2ccccc2)C(=O)[C@@H]2CC=CCC2)c(=O)[nH]c1=O. The van der Waals surface area contributed by atoms with Gasteiger partial charge in [0.25, 0.3) is 5.56 Å². The number of nitrogens with one attached hydrogen (secondary N) is 1. The fraction of sp³-hybridized carbons (Fsp3) is 0.409. The predicted molar refractivity (Wildman–Crippen MR) is 115 cm³/mol. The molecule has 29 heavy (non-hydrogen) atoms. The molecule has 1 aromatic heterocycles. The summed E-state index contributed by atoms with van der Waals surface area (Å²) in [6.45, 7) is 2.62. The third kappa shape index (κ3) is 4.67. The fourth-order valence-electron chi connectivity index (χ4n) is 3.65. The summed E-state index contributed by atoms with van der Waals surface area (Å²) in [5, 5.41) is 0. The molecule has 7 heteroatoms. The molecule has 0 aliphatic heterocycles. The maximum absolute atomic E-state index is 13.4. The van der Waals surface area contributed by atoms with Gasteiger partial charge in [0.1, 0.15) is 5.82 Å². The Bertz CT molecular complexity index is 991. The third-order valence-corrected chi connectivity index (χ3v) is 5.29. The number of rotatable bonds is 7. The van der Waals surface area contributed by atoms with Gasteiger partial charge >= 0.3 is 5.69 Å². The number of nitrogens with zero attached hydrogens (tertiary/aromatic N) is 2. The van der Waals surface area contributed by atoms with E-state index in [9.17, 15) is 14.4 Å². The molecule has 0 saturated heterocycles. The van der Waals surface area contributed by atoms with Crippen LogP contribution < -0.4 is 21.9 Å². The van der Waals surface area contributed by atoms with E-state index in [1.807, 2.05) is 43.3 Å². The van der Waals surface area contributed by atoms with Gasteiger partial charge in [0.15, 0.2) is 5.69 Å². The van der Waals surface area contributed by atoms with Crippen LogP contribution in [0.25, 0.3) is 0 Å². The quantitative estimate of drug-likeness (QED) is 0.703. The van der Waals surface area contributed by atoms with E-state index < -0.39 is 11.2 Å². The van der Waals surface area contributed by atoms with E-state index in [1.54, 1.807) is 0 Å². The summed E-state index contributed by atoms with van der Waals surface area (Å²) < 4.78 is 1.35. The van der Waals surface area contributed by atoms with Gasteiger partial charge in [0.05, 0.1) is 6.54 Å². The first kappa shape index (κ1) is 20.6. The minimum atomic E-state index is -0.629. The zero-order chi connectivity index (χ0) is 20.8. The molecule has 1 heterocycles. The highest BCUT2D eigenvalue weighted by Crippen LogP contribution is 2.26. The molecule has 0 radical (unpaired) electrons. The third-order valence-electron chi connectivity index (χ3n) is 5.29. The number of nitrogen functional groups attached to an aromatic ring is 1. The molecule has 3 rings (SSSR count). The number of anilines is 2. The van der Waals surface area contributed by atoms with E-state index in [2.05, 4.69) is 11.1 Å². The number of hydrogen-bond acceptors (Lipinski definition) is 4. The number of unbranched alkanes of at least 4 members (excludes halogenated alkanes) is 1. The number of amides is 1. The maximum Gasteiger partial charge on any atom is 0.330 e. The monoisotopic (exact) mass is 396 g/mol. The van der Waals surface area contributed by atoms with Crippen molar-refractivity contribution in [1.29, 1.82) is 0 Å². The average Bonchev–Trinajstić information content (AvgIpc) is 2.73. The van der Waals surface area contributed by atoms with Crippen LogP contribution in [0.15, 0.2) is 52.1 Å². The van der Waals surface area contributed by atoms with Crippen molar-refractivity contribution in [2.24, 2.45) is 5.92 Å². The first-order valence-electron chi connectivity index (χ1n) is 10.2. The summed E-state index contributed by atoms with van der Waals surface area (Å²) in [6, 6.07) is 9.47. The number of carbonyl (C=O) groups is 1. The molecule has 3 N–H and O–H groups in total. The molecule has 0 fully saturated rings. The van der Waals surface area contributed by atoms with Crippen LogP contribution in [0.3, 0.4) is 0 Å². The number of aromatic amines is 1. The molecule has 1 aliphatic carbocycles. The van der Waals surface area contributed by atoms with Crippen LogP contribution in [-0.4, -0.2) is 15.5 Å². The highest BCUT2D eigenvalue weighted by Gasteiger charge is 2.30. The largest absolute Gasteiger partial charge is 0.383 e. The lowest BCUT2D eigenvalue weighted by Crippen LogP contribution is -2.43. The second-order valence-corrected chi connectivity index (χ2v) is 7.39. The number of hydrogen-bond donors (Lipinski definition) is 2.